The van der Waals surface area contributed by atoms with E-state index in [-0.39, 0.29) is 0 Å². The van der Waals surface area contributed by atoms with Crippen LogP contribution >= 0.6 is 0 Å². The van der Waals surface area contributed by atoms with Gasteiger partial charge in [-0.05, 0) is 65.0 Å². The third kappa shape index (κ3) is 2.92. The topological polar surface area (TPSA) is 22.2 Å². The summed E-state index contributed by atoms with van der Waals surface area (Å²) in [4.78, 5) is 5.09. The fourth-order valence-corrected chi connectivity index (χ4v) is 6.49. The SMILES string of the molecule is c1ccc2c(c1)nc1c3cc(-c4ccc(-n5c6ccccc6c6ccccc65)cc4)ccc3c3ccccc3n21. The molecule has 0 radical (unpaired) electrons. The fraction of sp³-hybridized carbons (Fsp3) is 0. The summed E-state index contributed by atoms with van der Waals surface area (Å²) < 4.78 is 4.67. The van der Waals surface area contributed by atoms with E-state index in [2.05, 4.69) is 148 Å². The predicted octanol–water partition coefficient (Wildman–Crippen LogP) is 9.56. The van der Waals surface area contributed by atoms with E-state index in [9.17, 15) is 0 Å². The van der Waals surface area contributed by atoms with Crippen molar-refractivity contribution in [3.8, 4) is 16.8 Å². The molecule has 0 atom stereocenters. The maximum absolute atomic E-state index is 5.09. The smallest absolute Gasteiger partial charge is 0.146 e. The number of aromatic nitrogens is 3. The van der Waals surface area contributed by atoms with E-state index in [1.54, 1.807) is 0 Å². The molecule has 9 aromatic rings. The summed E-state index contributed by atoms with van der Waals surface area (Å²) in [6, 6.07) is 50.1. The molecular weight excluding hydrogens is 486 g/mol. The summed E-state index contributed by atoms with van der Waals surface area (Å²) in [5.74, 6) is 0. The van der Waals surface area contributed by atoms with Crippen LogP contribution in [0, 0.1) is 0 Å². The number of nitrogens with zero attached hydrogens (tertiary/aromatic N) is 3. The van der Waals surface area contributed by atoms with Gasteiger partial charge in [-0.3, -0.25) is 4.40 Å². The first-order valence-corrected chi connectivity index (χ1v) is 13.7. The second-order valence-corrected chi connectivity index (χ2v) is 10.5. The van der Waals surface area contributed by atoms with Gasteiger partial charge < -0.3 is 4.57 Å². The maximum atomic E-state index is 5.09. The summed E-state index contributed by atoms with van der Waals surface area (Å²) in [7, 11) is 0. The molecule has 3 heterocycles. The first-order valence-electron chi connectivity index (χ1n) is 13.7. The molecular formula is C37H23N3. The van der Waals surface area contributed by atoms with E-state index >= 15 is 0 Å². The highest BCUT2D eigenvalue weighted by Crippen LogP contribution is 2.36. The van der Waals surface area contributed by atoms with Crippen molar-refractivity contribution < 1.29 is 0 Å². The van der Waals surface area contributed by atoms with Gasteiger partial charge in [-0.1, -0.05) is 91.0 Å². The zero-order valence-corrected chi connectivity index (χ0v) is 21.6. The number of fused-ring (bicyclic) bond motifs is 11. The van der Waals surface area contributed by atoms with Crippen LogP contribution in [0.1, 0.15) is 0 Å². The Bertz CT molecular complexity index is 2370. The molecule has 40 heavy (non-hydrogen) atoms. The van der Waals surface area contributed by atoms with E-state index in [0.29, 0.717) is 0 Å². The summed E-state index contributed by atoms with van der Waals surface area (Å²) in [5.41, 5.74) is 10.3. The minimum absolute atomic E-state index is 0.999. The first-order chi connectivity index (χ1) is 19.8. The molecule has 9 rings (SSSR count). The van der Waals surface area contributed by atoms with Gasteiger partial charge in [-0.25, -0.2) is 4.98 Å². The zero-order valence-electron chi connectivity index (χ0n) is 21.6. The number of para-hydroxylation sites is 5. The summed E-state index contributed by atoms with van der Waals surface area (Å²) >= 11 is 0. The molecule has 0 saturated heterocycles. The second-order valence-electron chi connectivity index (χ2n) is 10.5. The first kappa shape index (κ1) is 21.5. The molecule has 0 aliphatic carbocycles. The Hall–Kier alpha value is -5.41. The van der Waals surface area contributed by atoms with Gasteiger partial charge in [0.2, 0.25) is 0 Å². The van der Waals surface area contributed by atoms with Gasteiger partial charge in [0.25, 0.3) is 0 Å². The lowest BCUT2D eigenvalue weighted by molar-refractivity contribution is 1.18. The van der Waals surface area contributed by atoms with Gasteiger partial charge in [0.05, 0.1) is 27.6 Å². The molecule has 3 nitrogen and oxygen atoms in total. The van der Waals surface area contributed by atoms with E-state index in [4.69, 9.17) is 4.98 Å². The average molecular weight is 510 g/mol. The molecule has 3 heteroatoms. The van der Waals surface area contributed by atoms with Crippen LogP contribution in [-0.4, -0.2) is 14.0 Å². The molecule has 0 aliphatic rings. The van der Waals surface area contributed by atoms with Crippen LogP contribution in [0.4, 0.5) is 0 Å². The van der Waals surface area contributed by atoms with Crippen LogP contribution < -0.4 is 0 Å². The van der Waals surface area contributed by atoms with Crippen molar-refractivity contribution in [3.63, 3.8) is 0 Å². The van der Waals surface area contributed by atoms with Crippen LogP contribution in [0.15, 0.2) is 140 Å². The lowest BCUT2D eigenvalue weighted by Crippen LogP contribution is -1.94. The number of imidazole rings is 1. The summed E-state index contributed by atoms with van der Waals surface area (Å²) in [5, 5.41) is 6.18. The molecule has 0 saturated carbocycles. The Labute approximate surface area is 230 Å². The van der Waals surface area contributed by atoms with Gasteiger partial charge >= 0.3 is 0 Å². The van der Waals surface area contributed by atoms with Gasteiger partial charge in [0.15, 0.2) is 0 Å². The molecule has 0 bridgehead atoms. The van der Waals surface area contributed by atoms with Crippen molar-refractivity contribution in [3.05, 3.63) is 140 Å². The normalized spacial score (nSPS) is 12.0. The molecule has 0 N–H and O–H groups in total. The Morgan fingerprint density at radius 2 is 0.950 bits per heavy atom. The van der Waals surface area contributed by atoms with Crippen LogP contribution in [0.25, 0.3) is 77.0 Å². The fourth-order valence-electron chi connectivity index (χ4n) is 6.49. The highest BCUT2D eigenvalue weighted by atomic mass is 15.0. The van der Waals surface area contributed by atoms with E-state index in [1.165, 1.54) is 54.6 Å². The van der Waals surface area contributed by atoms with E-state index < -0.39 is 0 Å². The van der Waals surface area contributed by atoms with Crippen molar-refractivity contribution in [1.29, 1.82) is 0 Å². The number of hydrogen-bond acceptors (Lipinski definition) is 1. The van der Waals surface area contributed by atoms with Gasteiger partial charge in [-0.2, -0.15) is 0 Å². The van der Waals surface area contributed by atoms with Gasteiger partial charge in [-0.15, -0.1) is 0 Å². The summed E-state index contributed by atoms with van der Waals surface area (Å²) in [6.07, 6.45) is 0. The molecule has 186 valence electrons. The predicted molar refractivity (Wildman–Crippen MR) is 167 cm³/mol. The van der Waals surface area contributed by atoms with Crippen LogP contribution in [-0.2, 0) is 0 Å². The minimum atomic E-state index is 0.999. The Morgan fingerprint density at radius 1 is 0.400 bits per heavy atom. The standard InChI is InChI=1S/C37H23N3/c1-7-15-35-28(9-1)27-22-19-25(23-31(27)37-38-32-12-4-8-16-36(32)40(35)37)24-17-20-26(21-18-24)39-33-13-5-2-10-29(33)30-11-3-6-14-34(30)39/h1-23H. The quantitative estimate of drug-likeness (QED) is 0.213. The molecule has 0 spiro atoms. The van der Waals surface area contributed by atoms with Gasteiger partial charge in [0, 0.05) is 27.2 Å². The molecule has 0 unspecified atom stereocenters. The molecule has 0 amide bonds. The average Bonchev–Trinajstić information content (AvgIpc) is 3.58. The van der Waals surface area contributed by atoms with Crippen molar-refractivity contribution in [1.82, 2.24) is 14.0 Å². The largest absolute Gasteiger partial charge is 0.309 e. The third-order valence-electron chi connectivity index (χ3n) is 8.30. The van der Waals surface area contributed by atoms with Crippen molar-refractivity contribution >= 4 is 60.2 Å². The molecule has 3 aromatic heterocycles. The maximum Gasteiger partial charge on any atom is 0.146 e. The number of rotatable bonds is 2. The Kier molecular flexibility index (Phi) is 4.33. The molecule has 0 fully saturated rings. The second kappa shape index (κ2) is 8.05. The van der Waals surface area contributed by atoms with Crippen LogP contribution in [0.3, 0.4) is 0 Å². The highest BCUT2D eigenvalue weighted by Gasteiger charge is 2.15. The number of hydrogen-bond donors (Lipinski definition) is 0. The van der Waals surface area contributed by atoms with E-state index in [0.717, 1.165) is 22.4 Å². The minimum Gasteiger partial charge on any atom is -0.309 e. The van der Waals surface area contributed by atoms with Gasteiger partial charge in [0.1, 0.15) is 5.65 Å². The highest BCUT2D eigenvalue weighted by molar-refractivity contribution is 6.14. The third-order valence-corrected chi connectivity index (χ3v) is 8.30. The Morgan fingerprint density at radius 3 is 1.65 bits per heavy atom. The van der Waals surface area contributed by atoms with Crippen molar-refractivity contribution in [2.24, 2.45) is 0 Å². The van der Waals surface area contributed by atoms with E-state index in [1.807, 2.05) is 0 Å². The monoisotopic (exact) mass is 509 g/mol. The van der Waals surface area contributed by atoms with Crippen LogP contribution in [0.2, 0.25) is 0 Å². The number of benzene rings is 6. The summed E-state index contributed by atoms with van der Waals surface area (Å²) in [6.45, 7) is 0. The lowest BCUT2D eigenvalue weighted by atomic mass is 9.99. The lowest BCUT2D eigenvalue weighted by Gasteiger charge is -2.12. The molecule has 0 aliphatic heterocycles. The van der Waals surface area contributed by atoms with Crippen molar-refractivity contribution in [2.75, 3.05) is 0 Å². The number of pyridine rings is 1. The van der Waals surface area contributed by atoms with Crippen molar-refractivity contribution in [2.45, 2.75) is 0 Å². The zero-order chi connectivity index (χ0) is 26.2. The molecule has 6 aromatic carbocycles. The van der Waals surface area contributed by atoms with Crippen LogP contribution in [0.5, 0.6) is 0 Å². The Balaban J connectivity index is 1.25.